The number of benzene rings is 1. The Labute approximate surface area is 192 Å². The molecular weight excluding hydrogens is 459 g/mol. The van der Waals surface area contributed by atoms with E-state index in [4.69, 9.17) is 23.2 Å². The molecule has 7 nitrogen and oxygen atoms in total. The van der Waals surface area contributed by atoms with Gasteiger partial charge in [-0.05, 0) is 48.9 Å². The molecular formula is C21H20Cl2N4O3S. The zero-order valence-corrected chi connectivity index (χ0v) is 18.8. The molecule has 31 heavy (non-hydrogen) atoms. The third-order valence-electron chi connectivity index (χ3n) is 5.38. The number of fused-ring (bicyclic) bond motifs is 1. The highest BCUT2D eigenvalue weighted by atomic mass is 35.5. The number of hydrogen-bond donors (Lipinski definition) is 1. The molecule has 1 saturated heterocycles. The summed E-state index contributed by atoms with van der Waals surface area (Å²) in [6.45, 7) is 0.839. The van der Waals surface area contributed by atoms with Crippen LogP contribution in [-0.4, -0.2) is 45.4 Å². The van der Waals surface area contributed by atoms with E-state index in [1.165, 1.54) is 28.3 Å². The van der Waals surface area contributed by atoms with Crippen LogP contribution < -0.4 is 10.9 Å². The fourth-order valence-corrected chi connectivity index (χ4v) is 4.75. The predicted molar refractivity (Wildman–Crippen MR) is 122 cm³/mol. The zero-order chi connectivity index (χ0) is 22.0. The summed E-state index contributed by atoms with van der Waals surface area (Å²) in [5.74, 6) is -0.438. The number of aromatic nitrogens is 2. The molecule has 1 atom stereocenters. The van der Waals surface area contributed by atoms with Crippen molar-refractivity contribution in [3.63, 3.8) is 0 Å². The Morgan fingerprint density at radius 3 is 2.84 bits per heavy atom. The Morgan fingerprint density at radius 2 is 2.03 bits per heavy atom. The van der Waals surface area contributed by atoms with E-state index in [9.17, 15) is 14.4 Å². The van der Waals surface area contributed by atoms with Crippen molar-refractivity contribution in [2.75, 3.05) is 13.1 Å². The quantitative estimate of drug-likeness (QED) is 0.607. The highest BCUT2D eigenvalue weighted by Gasteiger charge is 2.27. The molecule has 3 aromatic rings. The molecule has 1 fully saturated rings. The number of nitrogens with one attached hydrogen (secondary N) is 1. The monoisotopic (exact) mass is 478 g/mol. The molecule has 10 heteroatoms. The Kier molecular flexibility index (Phi) is 6.60. The number of nitrogens with zero attached hydrogens (tertiary/aromatic N) is 3. The molecule has 0 radical (unpaired) electrons. The van der Waals surface area contributed by atoms with E-state index >= 15 is 0 Å². The molecule has 2 aromatic heterocycles. The van der Waals surface area contributed by atoms with Crippen molar-refractivity contribution in [2.45, 2.75) is 31.8 Å². The van der Waals surface area contributed by atoms with Crippen molar-refractivity contribution in [3.8, 4) is 0 Å². The molecule has 1 aromatic carbocycles. The molecule has 0 bridgehead atoms. The van der Waals surface area contributed by atoms with Crippen molar-refractivity contribution < 1.29 is 9.59 Å². The fraction of sp³-hybridized carbons (Fsp3) is 0.333. The van der Waals surface area contributed by atoms with Gasteiger partial charge >= 0.3 is 0 Å². The number of piperidine rings is 1. The van der Waals surface area contributed by atoms with Gasteiger partial charge in [-0.3, -0.25) is 19.0 Å². The van der Waals surface area contributed by atoms with Gasteiger partial charge in [0.05, 0.1) is 21.8 Å². The van der Waals surface area contributed by atoms with Crippen LogP contribution in [0, 0.1) is 0 Å². The number of hydrogen-bond acceptors (Lipinski definition) is 5. The molecule has 4 rings (SSSR count). The molecule has 0 spiro atoms. The fourth-order valence-electron chi connectivity index (χ4n) is 3.73. The number of carbonyl (C=O) groups is 2. The summed E-state index contributed by atoms with van der Waals surface area (Å²) in [6, 6.07) is 6.28. The maximum Gasteiger partial charge on any atom is 0.262 e. The van der Waals surface area contributed by atoms with Crippen LogP contribution >= 0.6 is 34.5 Å². The van der Waals surface area contributed by atoms with Crippen LogP contribution in [0.2, 0.25) is 10.0 Å². The normalized spacial score (nSPS) is 16.5. The molecule has 1 unspecified atom stereocenters. The molecule has 3 heterocycles. The summed E-state index contributed by atoms with van der Waals surface area (Å²) < 4.78 is 1.34. The molecule has 1 aliphatic heterocycles. The molecule has 0 aliphatic carbocycles. The van der Waals surface area contributed by atoms with Crippen molar-refractivity contribution in [3.05, 3.63) is 61.9 Å². The Balaban J connectivity index is 1.43. The first-order valence-corrected chi connectivity index (χ1v) is 11.5. The number of halogens is 2. The van der Waals surface area contributed by atoms with Gasteiger partial charge in [0.25, 0.3) is 11.5 Å². The summed E-state index contributed by atoms with van der Waals surface area (Å²) in [5, 5.41) is 5.90. The predicted octanol–water partition coefficient (Wildman–Crippen LogP) is 3.58. The van der Waals surface area contributed by atoms with Crippen LogP contribution in [0.1, 0.15) is 29.6 Å². The molecule has 1 aliphatic rings. The SMILES string of the molecule is O=C(NCC1CCCCN1C(=O)Cn1cnc2sccc2c1=O)c1ccc(Cl)c(Cl)c1. The lowest BCUT2D eigenvalue weighted by molar-refractivity contribution is -0.135. The van der Waals surface area contributed by atoms with Crippen LogP contribution in [0.15, 0.2) is 40.8 Å². The van der Waals surface area contributed by atoms with Crippen LogP contribution in [0.4, 0.5) is 0 Å². The maximum absolute atomic E-state index is 13.0. The third-order valence-corrected chi connectivity index (χ3v) is 6.94. The van der Waals surface area contributed by atoms with E-state index in [0.29, 0.717) is 38.9 Å². The summed E-state index contributed by atoms with van der Waals surface area (Å²) in [6.07, 6.45) is 4.06. The van der Waals surface area contributed by atoms with Gasteiger partial charge in [0, 0.05) is 24.7 Å². The van der Waals surface area contributed by atoms with Crippen LogP contribution in [0.25, 0.3) is 10.2 Å². The minimum Gasteiger partial charge on any atom is -0.350 e. The number of rotatable bonds is 5. The summed E-state index contributed by atoms with van der Waals surface area (Å²) in [5.41, 5.74) is 0.186. The van der Waals surface area contributed by atoms with Crippen molar-refractivity contribution in [1.82, 2.24) is 19.8 Å². The van der Waals surface area contributed by atoms with E-state index < -0.39 is 0 Å². The van der Waals surface area contributed by atoms with E-state index in [-0.39, 0.29) is 30.0 Å². The van der Waals surface area contributed by atoms with E-state index in [1.54, 1.807) is 23.1 Å². The first-order chi connectivity index (χ1) is 14.9. The minimum absolute atomic E-state index is 0.0745. The van der Waals surface area contributed by atoms with E-state index in [1.807, 2.05) is 5.38 Å². The average Bonchev–Trinajstić information content (AvgIpc) is 3.26. The van der Waals surface area contributed by atoms with Gasteiger partial charge in [0.1, 0.15) is 11.4 Å². The molecule has 162 valence electrons. The van der Waals surface area contributed by atoms with Gasteiger partial charge in [-0.25, -0.2) is 4.98 Å². The van der Waals surface area contributed by atoms with Gasteiger partial charge in [-0.1, -0.05) is 23.2 Å². The smallest absolute Gasteiger partial charge is 0.262 e. The topological polar surface area (TPSA) is 84.3 Å². The third kappa shape index (κ3) is 4.76. The van der Waals surface area contributed by atoms with Gasteiger partial charge in [-0.2, -0.15) is 0 Å². The summed E-state index contributed by atoms with van der Waals surface area (Å²) >= 11 is 13.3. The lowest BCUT2D eigenvalue weighted by Gasteiger charge is -2.36. The first-order valence-electron chi connectivity index (χ1n) is 9.89. The van der Waals surface area contributed by atoms with Crippen molar-refractivity contribution >= 4 is 56.6 Å². The second-order valence-corrected chi connectivity index (χ2v) is 9.10. The second-order valence-electron chi connectivity index (χ2n) is 7.39. The lowest BCUT2D eigenvalue weighted by Crippen LogP contribution is -2.50. The van der Waals surface area contributed by atoms with Gasteiger partial charge in [0.15, 0.2) is 0 Å². The molecule has 2 amide bonds. The highest BCUT2D eigenvalue weighted by molar-refractivity contribution is 7.16. The maximum atomic E-state index is 13.0. The van der Waals surface area contributed by atoms with Gasteiger partial charge in [0.2, 0.25) is 5.91 Å². The van der Waals surface area contributed by atoms with Crippen LogP contribution in [0.3, 0.4) is 0 Å². The Bertz CT molecular complexity index is 1190. The number of carbonyl (C=O) groups excluding carboxylic acids is 2. The first kappa shape index (κ1) is 21.8. The molecule has 1 N–H and O–H groups in total. The standard InChI is InChI=1S/C21H20Cl2N4O3S/c22-16-5-4-13(9-17(16)23)19(29)24-10-14-3-1-2-7-27(14)18(28)11-26-12-25-20-15(21(26)30)6-8-31-20/h4-6,8-9,12,14H,1-3,7,10-11H2,(H,24,29). The summed E-state index contributed by atoms with van der Waals surface area (Å²) in [4.78, 5) is 44.8. The van der Waals surface area contributed by atoms with Crippen LogP contribution in [-0.2, 0) is 11.3 Å². The minimum atomic E-state index is -0.278. The van der Waals surface area contributed by atoms with Gasteiger partial charge < -0.3 is 10.2 Å². The number of thiophene rings is 1. The largest absolute Gasteiger partial charge is 0.350 e. The van der Waals surface area contributed by atoms with Crippen LogP contribution in [0.5, 0.6) is 0 Å². The van der Waals surface area contributed by atoms with E-state index in [0.717, 1.165) is 19.3 Å². The number of amides is 2. The zero-order valence-electron chi connectivity index (χ0n) is 16.5. The highest BCUT2D eigenvalue weighted by Crippen LogP contribution is 2.23. The second kappa shape index (κ2) is 9.38. The van der Waals surface area contributed by atoms with E-state index in [2.05, 4.69) is 10.3 Å². The average molecular weight is 479 g/mol. The van der Waals surface area contributed by atoms with Crippen molar-refractivity contribution in [2.24, 2.45) is 0 Å². The molecule has 0 saturated carbocycles. The summed E-state index contributed by atoms with van der Waals surface area (Å²) in [7, 11) is 0. The van der Waals surface area contributed by atoms with Crippen molar-refractivity contribution in [1.29, 1.82) is 0 Å². The number of likely N-dealkylation sites (tertiary alicyclic amines) is 1. The lowest BCUT2D eigenvalue weighted by atomic mass is 10.0. The Morgan fingerprint density at radius 1 is 1.19 bits per heavy atom. The van der Waals surface area contributed by atoms with Gasteiger partial charge in [-0.15, -0.1) is 11.3 Å². The Hall–Kier alpha value is -2.42.